The fourth-order valence-corrected chi connectivity index (χ4v) is 2.59. The third kappa shape index (κ3) is 3.82. The van der Waals surface area contributed by atoms with Gasteiger partial charge in [-0.3, -0.25) is 9.78 Å². The van der Waals surface area contributed by atoms with Crippen LogP contribution in [0.15, 0.2) is 30.3 Å². The summed E-state index contributed by atoms with van der Waals surface area (Å²) in [7, 11) is 0. The number of aromatic nitrogens is 1. The topological polar surface area (TPSA) is 51.2 Å². The lowest BCUT2D eigenvalue weighted by molar-refractivity contribution is 0.102. The van der Waals surface area contributed by atoms with Crippen LogP contribution in [0.4, 0.5) is 5.69 Å². The molecule has 1 heterocycles. The Morgan fingerprint density at radius 3 is 2.78 bits per heavy atom. The second kappa shape index (κ2) is 6.59. The number of carbonyl (C=O) groups is 1. The number of ether oxygens (including phenoxy) is 1. The number of halogens is 1. The molecule has 23 heavy (non-hydrogen) atoms. The summed E-state index contributed by atoms with van der Waals surface area (Å²) in [6, 6.07) is 8.97. The highest BCUT2D eigenvalue weighted by Gasteiger charge is 2.24. The van der Waals surface area contributed by atoms with Crippen LogP contribution in [0.2, 0.25) is 5.02 Å². The molecule has 3 rings (SSSR count). The molecular weight excluding hydrogens is 312 g/mol. The lowest BCUT2D eigenvalue weighted by atomic mass is 10.1. The first-order valence-corrected chi connectivity index (χ1v) is 8.09. The maximum atomic E-state index is 12.6. The normalized spacial score (nSPS) is 13.7. The highest BCUT2D eigenvalue weighted by Crippen LogP contribution is 2.32. The number of aryl methyl sites for hydroxylation is 2. The molecule has 0 atom stereocenters. The average Bonchev–Trinajstić information content (AvgIpc) is 3.32. The molecule has 1 aromatic heterocycles. The number of nitrogens with zero attached hydrogens (tertiary/aromatic N) is 1. The van der Waals surface area contributed by atoms with Gasteiger partial charge in [-0.2, -0.15) is 0 Å². The van der Waals surface area contributed by atoms with Crippen LogP contribution in [-0.4, -0.2) is 17.5 Å². The van der Waals surface area contributed by atoms with Gasteiger partial charge in [-0.25, -0.2) is 0 Å². The average molecular weight is 331 g/mol. The van der Waals surface area contributed by atoms with Gasteiger partial charge in [0.1, 0.15) is 11.3 Å². The summed E-state index contributed by atoms with van der Waals surface area (Å²) in [6.45, 7) is 4.40. The summed E-state index contributed by atoms with van der Waals surface area (Å²) >= 11 is 6.23. The summed E-state index contributed by atoms with van der Waals surface area (Å²) < 4.78 is 5.79. The maximum absolute atomic E-state index is 12.6. The van der Waals surface area contributed by atoms with Crippen LogP contribution < -0.4 is 10.1 Å². The van der Waals surface area contributed by atoms with Crippen molar-refractivity contribution in [2.75, 3.05) is 11.9 Å². The number of pyridine rings is 1. The van der Waals surface area contributed by atoms with Crippen LogP contribution >= 0.6 is 11.6 Å². The first-order valence-electron chi connectivity index (χ1n) is 7.71. The molecule has 1 fully saturated rings. The number of benzene rings is 1. The largest absolute Gasteiger partial charge is 0.492 e. The Kier molecular flexibility index (Phi) is 4.53. The fraction of sp³-hybridized carbons (Fsp3) is 0.333. The van der Waals surface area contributed by atoms with E-state index in [1.54, 1.807) is 18.2 Å². The zero-order valence-electron chi connectivity index (χ0n) is 13.2. The van der Waals surface area contributed by atoms with E-state index < -0.39 is 0 Å². The van der Waals surface area contributed by atoms with Gasteiger partial charge in [0, 0.05) is 5.69 Å². The molecule has 2 aromatic rings. The smallest absolute Gasteiger partial charge is 0.261 e. The van der Waals surface area contributed by atoms with E-state index >= 15 is 0 Å². The SMILES string of the molecule is Cc1ccc(NC(=O)c2c(Cl)cccc2OCC2CC2)c(C)n1. The molecule has 0 unspecified atom stereocenters. The van der Waals surface area contributed by atoms with Crippen LogP contribution in [-0.2, 0) is 0 Å². The second-order valence-electron chi connectivity index (χ2n) is 5.91. The first kappa shape index (κ1) is 15.8. The first-order chi connectivity index (χ1) is 11.0. The van der Waals surface area contributed by atoms with Crippen molar-refractivity contribution >= 4 is 23.2 Å². The third-order valence-electron chi connectivity index (χ3n) is 3.85. The number of rotatable bonds is 5. The molecule has 0 radical (unpaired) electrons. The van der Waals surface area contributed by atoms with Crippen molar-refractivity contribution in [3.63, 3.8) is 0 Å². The van der Waals surface area contributed by atoms with Crippen molar-refractivity contribution in [2.45, 2.75) is 26.7 Å². The highest BCUT2D eigenvalue weighted by molar-refractivity contribution is 6.35. The Morgan fingerprint density at radius 1 is 1.30 bits per heavy atom. The minimum Gasteiger partial charge on any atom is -0.492 e. The van der Waals surface area contributed by atoms with Crippen molar-refractivity contribution in [1.29, 1.82) is 0 Å². The van der Waals surface area contributed by atoms with Gasteiger partial charge in [-0.05, 0) is 56.9 Å². The van der Waals surface area contributed by atoms with Gasteiger partial charge in [0.15, 0.2) is 0 Å². The van der Waals surface area contributed by atoms with E-state index in [9.17, 15) is 4.79 Å². The molecule has 1 aromatic carbocycles. The molecular formula is C18H19ClN2O2. The standard InChI is InChI=1S/C18H19ClN2O2/c1-11-6-9-15(12(2)20-11)21-18(22)17-14(19)4-3-5-16(17)23-10-13-7-8-13/h3-6,9,13H,7-8,10H2,1-2H3,(H,21,22). The molecule has 0 aliphatic heterocycles. The Hall–Kier alpha value is -2.07. The number of nitrogens with one attached hydrogen (secondary N) is 1. The van der Waals surface area contributed by atoms with E-state index in [1.165, 1.54) is 12.8 Å². The molecule has 1 aliphatic rings. The number of amides is 1. The summed E-state index contributed by atoms with van der Waals surface area (Å²) in [4.78, 5) is 17.0. The predicted octanol–water partition coefficient (Wildman–Crippen LogP) is 4.39. The van der Waals surface area contributed by atoms with Crippen molar-refractivity contribution in [2.24, 2.45) is 5.92 Å². The monoisotopic (exact) mass is 330 g/mol. The van der Waals surface area contributed by atoms with Crippen molar-refractivity contribution in [1.82, 2.24) is 4.98 Å². The van der Waals surface area contributed by atoms with Gasteiger partial charge in [-0.15, -0.1) is 0 Å². The predicted molar refractivity (Wildman–Crippen MR) is 91.3 cm³/mol. The lowest BCUT2D eigenvalue weighted by Crippen LogP contribution is -2.16. The molecule has 1 aliphatic carbocycles. The van der Waals surface area contributed by atoms with Gasteiger partial charge in [0.25, 0.3) is 5.91 Å². The Labute approximate surface area is 140 Å². The zero-order chi connectivity index (χ0) is 16.4. The molecule has 0 spiro atoms. The van der Waals surface area contributed by atoms with Crippen molar-refractivity contribution < 1.29 is 9.53 Å². The van der Waals surface area contributed by atoms with Gasteiger partial charge >= 0.3 is 0 Å². The van der Waals surface area contributed by atoms with Gasteiger partial charge in [0.2, 0.25) is 0 Å². The van der Waals surface area contributed by atoms with Crippen molar-refractivity contribution in [3.8, 4) is 5.75 Å². The Bertz CT molecular complexity index is 742. The number of hydrogen-bond donors (Lipinski definition) is 1. The molecule has 120 valence electrons. The minimum atomic E-state index is -0.282. The van der Waals surface area contributed by atoms with Gasteiger partial charge < -0.3 is 10.1 Å². The second-order valence-corrected chi connectivity index (χ2v) is 6.31. The summed E-state index contributed by atoms with van der Waals surface area (Å²) in [5.41, 5.74) is 2.72. The highest BCUT2D eigenvalue weighted by atomic mass is 35.5. The molecule has 1 saturated carbocycles. The van der Waals surface area contributed by atoms with E-state index in [0.29, 0.717) is 34.5 Å². The van der Waals surface area contributed by atoms with Crippen LogP contribution in [0.1, 0.15) is 34.6 Å². The zero-order valence-corrected chi connectivity index (χ0v) is 14.0. The molecule has 5 heteroatoms. The number of carbonyl (C=O) groups excluding carboxylic acids is 1. The molecule has 4 nitrogen and oxygen atoms in total. The van der Waals surface area contributed by atoms with Crippen molar-refractivity contribution in [3.05, 3.63) is 52.3 Å². The summed E-state index contributed by atoms with van der Waals surface area (Å²) in [5.74, 6) is 0.850. The molecule has 0 bridgehead atoms. The van der Waals surface area contributed by atoms with Crippen LogP contribution in [0.5, 0.6) is 5.75 Å². The quantitative estimate of drug-likeness (QED) is 0.884. The number of anilines is 1. The van der Waals surface area contributed by atoms with Crippen LogP contribution in [0.25, 0.3) is 0 Å². The maximum Gasteiger partial charge on any atom is 0.261 e. The third-order valence-corrected chi connectivity index (χ3v) is 4.16. The van der Waals surface area contributed by atoms with Gasteiger partial charge in [-0.1, -0.05) is 17.7 Å². The molecule has 1 amide bonds. The van der Waals surface area contributed by atoms with E-state index in [1.807, 2.05) is 26.0 Å². The van der Waals surface area contributed by atoms with E-state index in [-0.39, 0.29) is 5.91 Å². The molecule has 0 saturated heterocycles. The summed E-state index contributed by atoms with van der Waals surface area (Å²) in [6.07, 6.45) is 2.38. The number of hydrogen-bond acceptors (Lipinski definition) is 3. The van der Waals surface area contributed by atoms with E-state index in [4.69, 9.17) is 16.3 Å². The van der Waals surface area contributed by atoms with Crippen LogP contribution in [0, 0.1) is 19.8 Å². The van der Waals surface area contributed by atoms with Crippen LogP contribution in [0.3, 0.4) is 0 Å². The minimum absolute atomic E-state index is 0.282. The Balaban J connectivity index is 1.82. The summed E-state index contributed by atoms with van der Waals surface area (Å²) in [5, 5.41) is 3.26. The lowest BCUT2D eigenvalue weighted by Gasteiger charge is -2.14. The fourth-order valence-electron chi connectivity index (χ4n) is 2.34. The van der Waals surface area contributed by atoms with Gasteiger partial charge in [0.05, 0.1) is 23.0 Å². The molecule has 1 N–H and O–H groups in total. The van der Waals surface area contributed by atoms with E-state index in [2.05, 4.69) is 10.3 Å². The van der Waals surface area contributed by atoms with E-state index in [0.717, 1.165) is 11.4 Å². The Morgan fingerprint density at radius 2 is 2.09 bits per heavy atom.